The van der Waals surface area contributed by atoms with Crippen LogP contribution in [0.25, 0.3) is 5.65 Å². The molecule has 0 spiro atoms. The number of aromatic nitrogens is 4. The first-order chi connectivity index (χ1) is 7.97. The maximum atomic E-state index is 5.78. The molecule has 0 unspecified atom stereocenters. The molecule has 0 atom stereocenters. The molecule has 0 aromatic carbocycles. The third kappa shape index (κ3) is 1.84. The number of hydrogen-bond acceptors (Lipinski definition) is 5. The Bertz CT molecular complexity index is 530. The minimum Gasteiger partial charge on any atom is -0.350 e. The minimum absolute atomic E-state index is 0.172. The SMILES string of the molecule is Cc1nnc2c(N(C)C(C)(C)CN)nccn12. The van der Waals surface area contributed by atoms with Gasteiger partial charge in [0.2, 0.25) is 5.65 Å². The van der Waals surface area contributed by atoms with Gasteiger partial charge < -0.3 is 10.6 Å². The van der Waals surface area contributed by atoms with Crippen molar-refractivity contribution in [3.8, 4) is 0 Å². The summed E-state index contributed by atoms with van der Waals surface area (Å²) in [6.07, 6.45) is 3.61. The Labute approximate surface area is 100 Å². The van der Waals surface area contributed by atoms with Crippen LogP contribution in [0, 0.1) is 6.92 Å². The van der Waals surface area contributed by atoms with Gasteiger partial charge in [-0.2, -0.15) is 0 Å². The number of likely N-dealkylation sites (N-methyl/N-ethyl adjacent to an activating group) is 1. The number of hydrogen-bond donors (Lipinski definition) is 1. The maximum Gasteiger partial charge on any atom is 0.203 e. The third-order valence-electron chi connectivity index (χ3n) is 3.20. The van der Waals surface area contributed by atoms with E-state index >= 15 is 0 Å². The van der Waals surface area contributed by atoms with Gasteiger partial charge in [0, 0.05) is 31.5 Å². The second-order valence-corrected chi connectivity index (χ2v) is 4.77. The number of rotatable bonds is 3. The predicted octanol–water partition coefficient (Wildman–Crippen LogP) is 0.606. The van der Waals surface area contributed by atoms with E-state index in [0.717, 1.165) is 17.3 Å². The van der Waals surface area contributed by atoms with Gasteiger partial charge in [0.25, 0.3) is 0 Å². The van der Waals surface area contributed by atoms with Gasteiger partial charge in [0.05, 0.1) is 0 Å². The Morgan fingerprint density at radius 1 is 1.41 bits per heavy atom. The van der Waals surface area contributed by atoms with E-state index in [1.54, 1.807) is 6.20 Å². The molecule has 0 bridgehead atoms. The molecule has 0 aliphatic heterocycles. The molecule has 17 heavy (non-hydrogen) atoms. The van der Waals surface area contributed by atoms with Crippen molar-refractivity contribution in [1.82, 2.24) is 19.6 Å². The highest BCUT2D eigenvalue weighted by Crippen LogP contribution is 2.22. The van der Waals surface area contributed by atoms with Crippen LogP contribution < -0.4 is 10.6 Å². The first-order valence-electron chi connectivity index (χ1n) is 5.57. The summed E-state index contributed by atoms with van der Waals surface area (Å²) in [5, 5.41) is 8.22. The van der Waals surface area contributed by atoms with Crippen molar-refractivity contribution in [2.75, 3.05) is 18.5 Å². The van der Waals surface area contributed by atoms with Gasteiger partial charge >= 0.3 is 0 Å². The summed E-state index contributed by atoms with van der Waals surface area (Å²) in [5.41, 5.74) is 6.37. The van der Waals surface area contributed by atoms with Crippen molar-refractivity contribution < 1.29 is 0 Å². The van der Waals surface area contributed by atoms with Crippen molar-refractivity contribution in [2.45, 2.75) is 26.3 Å². The van der Waals surface area contributed by atoms with Gasteiger partial charge in [0.15, 0.2) is 5.82 Å². The fourth-order valence-electron chi connectivity index (χ4n) is 1.59. The average molecular weight is 234 g/mol. The molecule has 0 aliphatic carbocycles. The van der Waals surface area contributed by atoms with Gasteiger partial charge in [-0.3, -0.25) is 4.40 Å². The van der Waals surface area contributed by atoms with Gasteiger partial charge in [-0.25, -0.2) is 4.98 Å². The lowest BCUT2D eigenvalue weighted by Crippen LogP contribution is -2.47. The molecule has 6 heteroatoms. The van der Waals surface area contributed by atoms with Gasteiger partial charge in [-0.05, 0) is 20.8 Å². The van der Waals surface area contributed by atoms with Crippen LogP contribution in [0.15, 0.2) is 12.4 Å². The van der Waals surface area contributed by atoms with Gasteiger partial charge in [-0.1, -0.05) is 0 Å². The average Bonchev–Trinajstić information content (AvgIpc) is 2.70. The molecule has 6 nitrogen and oxygen atoms in total. The number of anilines is 1. The summed E-state index contributed by atoms with van der Waals surface area (Å²) in [6.45, 7) is 6.60. The Morgan fingerprint density at radius 2 is 2.12 bits per heavy atom. The second kappa shape index (κ2) is 3.96. The van der Waals surface area contributed by atoms with Crippen LogP contribution in [0.4, 0.5) is 5.82 Å². The second-order valence-electron chi connectivity index (χ2n) is 4.77. The summed E-state index contributed by atoms with van der Waals surface area (Å²) in [5.74, 6) is 1.64. The zero-order valence-electron chi connectivity index (χ0n) is 10.7. The first-order valence-corrected chi connectivity index (χ1v) is 5.57. The van der Waals surface area contributed by atoms with Crippen molar-refractivity contribution in [3.05, 3.63) is 18.2 Å². The van der Waals surface area contributed by atoms with Gasteiger partial charge in [-0.15, -0.1) is 10.2 Å². The zero-order chi connectivity index (χ0) is 12.6. The molecule has 0 radical (unpaired) electrons. The highest BCUT2D eigenvalue weighted by Gasteiger charge is 2.25. The highest BCUT2D eigenvalue weighted by atomic mass is 15.3. The predicted molar refractivity (Wildman–Crippen MR) is 67.1 cm³/mol. The van der Waals surface area contributed by atoms with Crippen LogP contribution >= 0.6 is 0 Å². The maximum absolute atomic E-state index is 5.78. The van der Waals surface area contributed by atoms with Crippen LogP contribution in [0.5, 0.6) is 0 Å². The van der Waals surface area contributed by atoms with E-state index in [0.29, 0.717) is 6.54 Å². The lowest BCUT2D eigenvalue weighted by molar-refractivity contribution is 0.495. The summed E-state index contributed by atoms with van der Waals surface area (Å²) in [6, 6.07) is 0. The molecule has 2 heterocycles. The van der Waals surface area contributed by atoms with E-state index in [1.165, 1.54) is 0 Å². The van der Waals surface area contributed by atoms with Crippen LogP contribution in [-0.4, -0.2) is 38.7 Å². The number of aryl methyl sites for hydroxylation is 1. The lowest BCUT2D eigenvalue weighted by atomic mass is 10.0. The van der Waals surface area contributed by atoms with E-state index in [2.05, 4.69) is 29.0 Å². The zero-order valence-corrected chi connectivity index (χ0v) is 10.7. The quantitative estimate of drug-likeness (QED) is 0.842. The molecule has 0 saturated carbocycles. The molecule has 0 saturated heterocycles. The normalized spacial score (nSPS) is 12.1. The molecular weight excluding hydrogens is 216 g/mol. The Balaban J connectivity index is 2.56. The summed E-state index contributed by atoms with van der Waals surface area (Å²) >= 11 is 0. The molecule has 2 aromatic heterocycles. The highest BCUT2D eigenvalue weighted by molar-refractivity contribution is 5.64. The van der Waals surface area contributed by atoms with Crippen molar-refractivity contribution in [1.29, 1.82) is 0 Å². The molecule has 2 N–H and O–H groups in total. The van der Waals surface area contributed by atoms with E-state index < -0.39 is 0 Å². The Hall–Kier alpha value is -1.69. The molecule has 2 aromatic rings. The molecule has 2 rings (SSSR count). The molecule has 0 fully saturated rings. The Kier molecular flexibility index (Phi) is 2.74. The van der Waals surface area contributed by atoms with E-state index in [-0.39, 0.29) is 5.54 Å². The van der Waals surface area contributed by atoms with Crippen LogP contribution in [-0.2, 0) is 0 Å². The molecular formula is C11H18N6. The standard InChI is InChI=1S/C11H18N6/c1-8-14-15-10-9(13-5-6-17(8)10)16(4)11(2,3)7-12/h5-6H,7,12H2,1-4H3. The molecule has 0 aliphatic rings. The van der Waals surface area contributed by atoms with E-state index in [9.17, 15) is 0 Å². The fourth-order valence-corrected chi connectivity index (χ4v) is 1.59. The smallest absolute Gasteiger partial charge is 0.203 e. The van der Waals surface area contributed by atoms with Crippen LogP contribution in [0.1, 0.15) is 19.7 Å². The number of nitrogens with two attached hydrogens (primary N) is 1. The summed E-state index contributed by atoms with van der Waals surface area (Å²) in [4.78, 5) is 6.42. The Morgan fingerprint density at radius 3 is 2.76 bits per heavy atom. The van der Waals surface area contributed by atoms with Crippen molar-refractivity contribution in [2.24, 2.45) is 5.73 Å². The monoisotopic (exact) mass is 234 g/mol. The van der Waals surface area contributed by atoms with Crippen molar-refractivity contribution in [3.63, 3.8) is 0 Å². The first kappa shape index (κ1) is 11.8. The van der Waals surface area contributed by atoms with Gasteiger partial charge in [0.1, 0.15) is 5.82 Å². The summed E-state index contributed by atoms with van der Waals surface area (Å²) < 4.78 is 1.92. The van der Waals surface area contributed by atoms with E-state index in [4.69, 9.17) is 5.73 Å². The largest absolute Gasteiger partial charge is 0.350 e. The van der Waals surface area contributed by atoms with Crippen LogP contribution in [0.3, 0.4) is 0 Å². The lowest BCUT2D eigenvalue weighted by Gasteiger charge is -2.35. The summed E-state index contributed by atoms with van der Waals surface area (Å²) in [7, 11) is 1.97. The number of nitrogens with zero attached hydrogens (tertiary/aromatic N) is 5. The van der Waals surface area contributed by atoms with Crippen molar-refractivity contribution >= 4 is 11.5 Å². The topological polar surface area (TPSA) is 72.3 Å². The van der Waals surface area contributed by atoms with E-state index in [1.807, 2.05) is 29.5 Å². The fraction of sp³-hybridized carbons (Fsp3) is 0.545. The number of fused-ring (bicyclic) bond motifs is 1. The molecule has 0 amide bonds. The third-order valence-corrected chi connectivity index (χ3v) is 3.20. The van der Waals surface area contributed by atoms with Crippen LogP contribution in [0.2, 0.25) is 0 Å². The minimum atomic E-state index is -0.172. The molecule has 92 valence electrons.